The van der Waals surface area contributed by atoms with Crippen molar-refractivity contribution >= 4 is 0 Å². The standard InChI is InChI=1S/C14H11NO/c1-3-12-7-8-14(15-10-12)16-13-6-4-5-11(2)9-13/h1,4-10H,2H3. The first-order chi connectivity index (χ1) is 7.78. The molecule has 78 valence electrons. The van der Waals surface area contributed by atoms with E-state index in [1.807, 2.05) is 31.2 Å². The van der Waals surface area contributed by atoms with E-state index >= 15 is 0 Å². The van der Waals surface area contributed by atoms with Crippen molar-refractivity contribution in [3.63, 3.8) is 0 Å². The van der Waals surface area contributed by atoms with E-state index in [-0.39, 0.29) is 0 Å². The molecule has 2 aromatic rings. The average Bonchev–Trinajstić information content (AvgIpc) is 2.30. The molecule has 2 heteroatoms. The summed E-state index contributed by atoms with van der Waals surface area (Å²) in [6.07, 6.45) is 6.86. The van der Waals surface area contributed by atoms with Crippen LogP contribution in [0.25, 0.3) is 0 Å². The molecule has 0 spiro atoms. The average molecular weight is 209 g/mol. The van der Waals surface area contributed by atoms with E-state index in [0.29, 0.717) is 5.88 Å². The summed E-state index contributed by atoms with van der Waals surface area (Å²) in [5, 5.41) is 0. The highest BCUT2D eigenvalue weighted by Gasteiger charge is 1.98. The highest BCUT2D eigenvalue weighted by atomic mass is 16.5. The van der Waals surface area contributed by atoms with Crippen molar-refractivity contribution in [2.45, 2.75) is 6.92 Å². The molecule has 1 heterocycles. The van der Waals surface area contributed by atoms with Crippen LogP contribution in [0.1, 0.15) is 11.1 Å². The van der Waals surface area contributed by atoms with Gasteiger partial charge >= 0.3 is 0 Å². The third kappa shape index (κ3) is 2.40. The Bertz CT molecular complexity index is 523. The Morgan fingerprint density at radius 2 is 2.12 bits per heavy atom. The van der Waals surface area contributed by atoms with E-state index < -0.39 is 0 Å². The highest BCUT2D eigenvalue weighted by Crippen LogP contribution is 2.19. The monoisotopic (exact) mass is 209 g/mol. The normalized spacial score (nSPS) is 9.50. The van der Waals surface area contributed by atoms with Crippen molar-refractivity contribution in [3.8, 4) is 24.0 Å². The van der Waals surface area contributed by atoms with Gasteiger partial charge in [0, 0.05) is 17.8 Å². The summed E-state index contributed by atoms with van der Waals surface area (Å²) < 4.78 is 5.58. The van der Waals surface area contributed by atoms with E-state index in [4.69, 9.17) is 11.2 Å². The van der Waals surface area contributed by atoms with Gasteiger partial charge in [-0.2, -0.15) is 0 Å². The quantitative estimate of drug-likeness (QED) is 0.709. The minimum Gasteiger partial charge on any atom is -0.439 e. The van der Waals surface area contributed by atoms with Gasteiger partial charge in [-0.15, -0.1) is 6.42 Å². The first-order valence-corrected chi connectivity index (χ1v) is 4.95. The van der Waals surface area contributed by atoms with Crippen LogP contribution in [0.15, 0.2) is 42.6 Å². The van der Waals surface area contributed by atoms with Gasteiger partial charge in [-0.05, 0) is 30.7 Å². The summed E-state index contributed by atoms with van der Waals surface area (Å²) in [6.45, 7) is 2.02. The molecule has 0 radical (unpaired) electrons. The number of hydrogen-bond donors (Lipinski definition) is 0. The Labute approximate surface area is 94.9 Å². The number of ether oxygens (including phenoxy) is 1. The lowest BCUT2D eigenvalue weighted by Gasteiger charge is -2.04. The maximum atomic E-state index is 5.58. The third-order valence-electron chi connectivity index (χ3n) is 2.11. The lowest BCUT2D eigenvalue weighted by atomic mass is 10.2. The molecule has 0 aliphatic carbocycles. The van der Waals surface area contributed by atoms with Crippen molar-refractivity contribution in [2.24, 2.45) is 0 Å². The first-order valence-electron chi connectivity index (χ1n) is 4.95. The van der Waals surface area contributed by atoms with Crippen molar-refractivity contribution in [1.82, 2.24) is 4.98 Å². The number of benzene rings is 1. The molecule has 0 saturated carbocycles. The third-order valence-corrected chi connectivity index (χ3v) is 2.11. The van der Waals surface area contributed by atoms with Crippen molar-refractivity contribution < 1.29 is 4.74 Å². The fourth-order valence-corrected chi connectivity index (χ4v) is 1.33. The van der Waals surface area contributed by atoms with Gasteiger partial charge < -0.3 is 4.74 Å². The topological polar surface area (TPSA) is 22.1 Å². The van der Waals surface area contributed by atoms with E-state index in [1.165, 1.54) is 0 Å². The van der Waals surface area contributed by atoms with Crippen LogP contribution >= 0.6 is 0 Å². The van der Waals surface area contributed by atoms with Crippen LogP contribution in [0, 0.1) is 19.3 Å². The highest BCUT2D eigenvalue weighted by molar-refractivity contribution is 5.34. The van der Waals surface area contributed by atoms with E-state index in [9.17, 15) is 0 Å². The summed E-state index contributed by atoms with van der Waals surface area (Å²) in [6, 6.07) is 11.4. The van der Waals surface area contributed by atoms with Gasteiger partial charge in [0.2, 0.25) is 5.88 Å². The lowest BCUT2D eigenvalue weighted by molar-refractivity contribution is 0.462. The first kappa shape index (κ1) is 10.3. The Morgan fingerprint density at radius 3 is 2.75 bits per heavy atom. The van der Waals surface area contributed by atoms with Crippen LogP contribution in [0.2, 0.25) is 0 Å². The number of pyridine rings is 1. The second kappa shape index (κ2) is 4.50. The second-order valence-corrected chi connectivity index (χ2v) is 3.45. The fourth-order valence-electron chi connectivity index (χ4n) is 1.33. The molecule has 0 N–H and O–H groups in total. The number of rotatable bonds is 2. The molecule has 2 rings (SSSR count). The molecule has 1 aromatic heterocycles. The zero-order valence-corrected chi connectivity index (χ0v) is 8.97. The number of aryl methyl sites for hydroxylation is 1. The lowest BCUT2D eigenvalue weighted by Crippen LogP contribution is -1.88. The Kier molecular flexibility index (Phi) is 2.88. The maximum absolute atomic E-state index is 5.58. The van der Waals surface area contributed by atoms with E-state index in [2.05, 4.69) is 10.9 Å². The molecule has 0 aliphatic heterocycles. The SMILES string of the molecule is C#Cc1ccc(Oc2cccc(C)c2)nc1. The van der Waals surface area contributed by atoms with Gasteiger partial charge in [0.15, 0.2) is 0 Å². The summed E-state index contributed by atoms with van der Waals surface area (Å²) in [7, 11) is 0. The molecule has 0 fully saturated rings. The number of nitrogens with zero attached hydrogens (tertiary/aromatic N) is 1. The van der Waals surface area contributed by atoms with Crippen LogP contribution in [-0.4, -0.2) is 4.98 Å². The van der Waals surface area contributed by atoms with Crippen LogP contribution < -0.4 is 4.74 Å². The van der Waals surface area contributed by atoms with Crippen molar-refractivity contribution in [2.75, 3.05) is 0 Å². The zero-order chi connectivity index (χ0) is 11.4. The smallest absolute Gasteiger partial charge is 0.219 e. The molecule has 1 aromatic carbocycles. The molecule has 0 atom stereocenters. The largest absolute Gasteiger partial charge is 0.439 e. The number of terminal acetylenes is 1. The molecule has 16 heavy (non-hydrogen) atoms. The molecular formula is C14H11NO. The minimum absolute atomic E-state index is 0.546. The molecule has 2 nitrogen and oxygen atoms in total. The predicted molar refractivity (Wildman–Crippen MR) is 63.4 cm³/mol. The second-order valence-electron chi connectivity index (χ2n) is 3.45. The van der Waals surface area contributed by atoms with Gasteiger partial charge in [0.05, 0.1) is 0 Å². The van der Waals surface area contributed by atoms with Gasteiger partial charge in [-0.1, -0.05) is 18.1 Å². The number of aromatic nitrogens is 1. The summed E-state index contributed by atoms with van der Waals surface area (Å²) in [5.74, 6) is 3.83. The fraction of sp³-hybridized carbons (Fsp3) is 0.0714. The van der Waals surface area contributed by atoms with Crippen LogP contribution in [0.3, 0.4) is 0 Å². The minimum atomic E-state index is 0.546. The van der Waals surface area contributed by atoms with Gasteiger partial charge in [-0.25, -0.2) is 4.98 Å². The molecule has 0 bridgehead atoms. The van der Waals surface area contributed by atoms with Gasteiger partial charge in [-0.3, -0.25) is 0 Å². The Morgan fingerprint density at radius 1 is 1.25 bits per heavy atom. The van der Waals surface area contributed by atoms with Crippen LogP contribution in [-0.2, 0) is 0 Å². The summed E-state index contributed by atoms with van der Waals surface area (Å²) >= 11 is 0. The van der Waals surface area contributed by atoms with Crippen LogP contribution in [0.5, 0.6) is 11.6 Å². The Balaban J connectivity index is 2.18. The van der Waals surface area contributed by atoms with E-state index in [1.54, 1.807) is 18.3 Å². The molecule has 0 amide bonds. The summed E-state index contributed by atoms with van der Waals surface area (Å²) in [4.78, 5) is 4.11. The zero-order valence-electron chi connectivity index (χ0n) is 8.97. The van der Waals surface area contributed by atoms with Gasteiger partial charge in [0.1, 0.15) is 5.75 Å². The molecule has 0 unspecified atom stereocenters. The molecule has 0 aliphatic rings. The Hall–Kier alpha value is -2.27. The van der Waals surface area contributed by atoms with Gasteiger partial charge in [0.25, 0.3) is 0 Å². The van der Waals surface area contributed by atoms with Crippen LogP contribution in [0.4, 0.5) is 0 Å². The van der Waals surface area contributed by atoms with E-state index in [0.717, 1.165) is 16.9 Å². The maximum Gasteiger partial charge on any atom is 0.219 e. The number of hydrogen-bond acceptors (Lipinski definition) is 2. The van der Waals surface area contributed by atoms with Crippen molar-refractivity contribution in [3.05, 3.63) is 53.7 Å². The summed E-state index contributed by atoms with van der Waals surface area (Å²) in [5.41, 5.74) is 1.90. The molecule has 0 saturated heterocycles. The van der Waals surface area contributed by atoms with Crippen molar-refractivity contribution in [1.29, 1.82) is 0 Å². The predicted octanol–water partition coefficient (Wildman–Crippen LogP) is 3.16. The molecular weight excluding hydrogens is 198 g/mol.